The maximum Gasteiger partial charge on any atom is 0.408 e. The minimum Gasteiger partial charge on any atom is -0.462 e. The molecule has 1 aromatic carbocycles. The van der Waals surface area contributed by atoms with Crippen molar-refractivity contribution in [1.29, 1.82) is 5.26 Å². The van der Waals surface area contributed by atoms with Gasteiger partial charge in [-0.3, -0.25) is 4.90 Å². The fourth-order valence-electron chi connectivity index (χ4n) is 5.61. The summed E-state index contributed by atoms with van der Waals surface area (Å²) in [6.45, 7) is 3.01. The normalized spacial score (nSPS) is 24.7. The number of ether oxygens (including phenoxy) is 1. The number of nitriles is 1. The lowest BCUT2D eigenvalue weighted by Crippen LogP contribution is -2.51. The molecule has 1 aromatic heterocycles. The van der Waals surface area contributed by atoms with Crippen molar-refractivity contribution in [2.75, 3.05) is 44.7 Å². The highest BCUT2D eigenvalue weighted by atomic mass is 19.4. The fourth-order valence-corrected chi connectivity index (χ4v) is 5.61. The van der Waals surface area contributed by atoms with E-state index in [2.05, 4.69) is 26.3 Å². The van der Waals surface area contributed by atoms with Gasteiger partial charge in [-0.15, -0.1) is 0 Å². The molecule has 5 rings (SSSR count). The Kier molecular flexibility index (Phi) is 7.51. The second kappa shape index (κ2) is 10.8. The molecule has 3 atom stereocenters. The highest BCUT2D eigenvalue weighted by Gasteiger charge is 2.52. The number of likely N-dealkylation sites (N-methyl/N-ethyl adjacent to an activating group) is 1. The summed E-state index contributed by atoms with van der Waals surface area (Å²) < 4.78 is 49.9. The van der Waals surface area contributed by atoms with Crippen LogP contribution in [0.3, 0.4) is 0 Å². The third kappa shape index (κ3) is 5.66. The Morgan fingerprint density at radius 2 is 2.00 bits per heavy atom. The Labute approximate surface area is 215 Å². The maximum atomic E-state index is 14.6. The third-order valence-corrected chi connectivity index (χ3v) is 7.48. The van der Waals surface area contributed by atoms with Crippen molar-refractivity contribution >= 4 is 5.82 Å². The Bertz CT molecular complexity index is 1120. The van der Waals surface area contributed by atoms with Gasteiger partial charge in [0, 0.05) is 50.4 Å². The van der Waals surface area contributed by atoms with Crippen LogP contribution in [0, 0.1) is 11.3 Å². The molecule has 1 N–H and O–H groups in total. The van der Waals surface area contributed by atoms with Gasteiger partial charge in [-0.1, -0.05) is 30.3 Å². The van der Waals surface area contributed by atoms with Crippen LogP contribution in [0.25, 0.3) is 0 Å². The summed E-state index contributed by atoms with van der Waals surface area (Å²) in [5, 5.41) is 12.5. The molecule has 2 saturated heterocycles. The van der Waals surface area contributed by atoms with Crippen molar-refractivity contribution in [1.82, 2.24) is 25.1 Å². The zero-order chi connectivity index (χ0) is 26.0. The predicted molar refractivity (Wildman–Crippen MR) is 132 cm³/mol. The van der Waals surface area contributed by atoms with Gasteiger partial charge in [-0.25, -0.2) is 0 Å². The first-order valence-electron chi connectivity index (χ1n) is 12.8. The zero-order valence-electron chi connectivity index (χ0n) is 20.9. The van der Waals surface area contributed by atoms with Crippen LogP contribution < -0.4 is 15.0 Å². The van der Waals surface area contributed by atoms with Crippen LogP contribution >= 0.6 is 0 Å². The molecule has 198 valence electrons. The van der Waals surface area contributed by atoms with E-state index in [0.717, 1.165) is 24.9 Å². The average molecular weight is 516 g/mol. The number of likely N-dealkylation sites (tertiary alicyclic amines) is 1. The number of aromatic nitrogens is 2. The number of anilines is 1. The van der Waals surface area contributed by atoms with Crippen molar-refractivity contribution in [3.63, 3.8) is 0 Å². The van der Waals surface area contributed by atoms with E-state index in [9.17, 15) is 18.4 Å². The van der Waals surface area contributed by atoms with E-state index >= 15 is 0 Å². The van der Waals surface area contributed by atoms with E-state index in [4.69, 9.17) is 4.74 Å². The van der Waals surface area contributed by atoms with Gasteiger partial charge < -0.3 is 19.9 Å². The van der Waals surface area contributed by atoms with E-state index < -0.39 is 12.2 Å². The number of benzene rings is 1. The lowest BCUT2D eigenvalue weighted by Gasteiger charge is -2.36. The average Bonchev–Trinajstić information content (AvgIpc) is 3.45. The largest absolute Gasteiger partial charge is 0.462 e. The van der Waals surface area contributed by atoms with Gasteiger partial charge in [0.05, 0.1) is 18.2 Å². The Hall–Kier alpha value is -2.94. The van der Waals surface area contributed by atoms with Crippen LogP contribution in [-0.2, 0) is 13.1 Å². The van der Waals surface area contributed by atoms with E-state index in [-0.39, 0.29) is 49.0 Å². The van der Waals surface area contributed by atoms with Gasteiger partial charge in [0.15, 0.2) is 0 Å². The molecule has 4 heterocycles. The van der Waals surface area contributed by atoms with Crippen molar-refractivity contribution in [2.24, 2.45) is 0 Å². The van der Waals surface area contributed by atoms with Crippen LogP contribution in [-0.4, -0.2) is 77.9 Å². The number of nitrogens with one attached hydrogen (secondary N) is 1. The molecule has 0 amide bonds. The first-order chi connectivity index (χ1) is 17.8. The van der Waals surface area contributed by atoms with Crippen LogP contribution in [0.15, 0.2) is 30.3 Å². The summed E-state index contributed by atoms with van der Waals surface area (Å²) >= 11 is 0. The molecular weight excluding hydrogens is 483 g/mol. The number of alkyl halides is 3. The summed E-state index contributed by atoms with van der Waals surface area (Å²) in [4.78, 5) is 14.6. The van der Waals surface area contributed by atoms with E-state index in [1.807, 2.05) is 42.3 Å². The minimum atomic E-state index is -4.51. The summed E-state index contributed by atoms with van der Waals surface area (Å²) in [7, 11) is 2.04. The van der Waals surface area contributed by atoms with Crippen molar-refractivity contribution < 1.29 is 17.9 Å². The van der Waals surface area contributed by atoms with Crippen LogP contribution in [0.4, 0.5) is 19.0 Å². The first kappa shape index (κ1) is 25.7. The number of halogens is 3. The van der Waals surface area contributed by atoms with Gasteiger partial charge in [0.1, 0.15) is 18.5 Å². The number of rotatable bonds is 7. The summed E-state index contributed by atoms with van der Waals surface area (Å²) in [5.74, 6) is 0.266. The molecule has 0 spiro atoms. The number of piperazine rings is 1. The van der Waals surface area contributed by atoms with E-state index in [1.54, 1.807) is 0 Å². The van der Waals surface area contributed by atoms with Crippen LogP contribution in [0.5, 0.6) is 6.01 Å². The van der Waals surface area contributed by atoms with Crippen LogP contribution in [0.2, 0.25) is 0 Å². The van der Waals surface area contributed by atoms with Crippen molar-refractivity contribution in [3.8, 4) is 12.1 Å². The smallest absolute Gasteiger partial charge is 0.408 e. The molecule has 0 aliphatic carbocycles. The van der Waals surface area contributed by atoms with Gasteiger partial charge in [-0.05, 0) is 32.0 Å². The van der Waals surface area contributed by atoms with E-state index in [1.165, 1.54) is 4.90 Å². The van der Waals surface area contributed by atoms with Gasteiger partial charge in [0.25, 0.3) is 0 Å². The lowest BCUT2D eigenvalue weighted by molar-refractivity contribution is -0.185. The van der Waals surface area contributed by atoms with Crippen molar-refractivity contribution in [2.45, 2.75) is 56.7 Å². The zero-order valence-corrected chi connectivity index (χ0v) is 20.9. The monoisotopic (exact) mass is 515 g/mol. The Morgan fingerprint density at radius 3 is 2.70 bits per heavy atom. The molecule has 2 unspecified atom stereocenters. The molecule has 8 nitrogen and oxygen atoms in total. The molecule has 3 aliphatic heterocycles. The molecule has 37 heavy (non-hydrogen) atoms. The topological polar surface area (TPSA) is 80.5 Å². The Morgan fingerprint density at radius 1 is 1.19 bits per heavy atom. The standard InChI is InChI=1S/C26H32F3N7O/c1-34-12-5-8-20(34)17-37-25-32-21-16-36(14-18-6-3-2-4-7-18)23(26(27,28)29)22(21)24(33-25)35-13-11-31-19(15-35)9-10-30/h2-4,6-7,19-20,23,31H,5,8-9,11-17H2,1H3/t19-,20?,23?/m0/s1. The summed E-state index contributed by atoms with van der Waals surface area (Å²) in [5.41, 5.74) is 1.26. The molecular formula is C26H32F3N7O. The maximum absolute atomic E-state index is 14.6. The van der Waals surface area contributed by atoms with Gasteiger partial charge >= 0.3 is 12.2 Å². The molecule has 0 bridgehead atoms. The molecule has 0 saturated carbocycles. The second-order valence-corrected chi connectivity index (χ2v) is 10.1. The first-order valence-corrected chi connectivity index (χ1v) is 12.8. The van der Waals surface area contributed by atoms with Crippen molar-refractivity contribution in [3.05, 3.63) is 47.2 Å². The molecule has 11 heteroatoms. The second-order valence-electron chi connectivity index (χ2n) is 10.1. The number of hydrogen-bond acceptors (Lipinski definition) is 8. The number of fused-ring (bicyclic) bond motifs is 1. The molecule has 0 radical (unpaired) electrons. The van der Waals surface area contributed by atoms with Gasteiger partial charge in [0.2, 0.25) is 0 Å². The predicted octanol–water partition coefficient (Wildman–Crippen LogP) is 3.26. The minimum absolute atomic E-state index is 0.0529. The molecule has 2 fully saturated rings. The quantitative estimate of drug-likeness (QED) is 0.602. The van der Waals surface area contributed by atoms with Gasteiger partial charge in [-0.2, -0.15) is 28.4 Å². The molecule has 3 aliphatic rings. The Balaban J connectivity index is 1.50. The number of hydrogen-bond donors (Lipinski definition) is 1. The van der Waals surface area contributed by atoms with Crippen LogP contribution in [0.1, 0.15) is 42.1 Å². The SMILES string of the molecule is CN1CCCC1COc1nc2c(c(N3CCN[C@@H](CC#N)C3)n1)C(C(F)(F)F)N(Cc1ccccc1)C2. The third-order valence-electron chi connectivity index (χ3n) is 7.48. The highest BCUT2D eigenvalue weighted by Crippen LogP contribution is 2.48. The summed E-state index contributed by atoms with van der Waals surface area (Å²) in [6.07, 6.45) is -2.15. The summed E-state index contributed by atoms with van der Waals surface area (Å²) in [6, 6.07) is 9.71. The lowest BCUT2D eigenvalue weighted by atomic mass is 10.1. The van der Waals surface area contributed by atoms with E-state index in [0.29, 0.717) is 31.9 Å². The highest BCUT2D eigenvalue weighted by molar-refractivity contribution is 5.55. The fraction of sp³-hybridized carbons (Fsp3) is 0.577. The number of nitrogens with zero attached hydrogens (tertiary/aromatic N) is 6. The molecule has 2 aromatic rings.